The van der Waals surface area contributed by atoms with Crippen molar-refractivity contribution in [3.8, 4) is 0 Å². The molecule has 1 aliphatic carbocycles. The van der Waals surface area contributed by atoms with Gasteiger partial charge in [0.05, 0.1) is 0 Å². The van der Waals surface area contributed by atoms with Crippen LogP contribution >= 0.6 is 15.9 Å². The minimum atomic E-state index is -0.267. The molecule has 0 aromatic heterocycles. The van der Waals surface area contributed by atoms with Crippen molar-refractivity contribution in [2.45, 2.75) is 51.4 Å². The molecule has 1 unspecified atom stereocenters. The average Bonchev–Trinajstić information content (AvgIpc) is 2.68. The average molecular weight is 429 g/mol. The molecular formula is C22H25BrN2O2. The Morgan fingerprint density at radius 3 is 2.48 bits per heavy atom. The smallest absolute Gasteiger partial charge is 0.252 e. The third-order valence-corrected chi connectivity index (χ3v) is 6.38. The van der Waals surface area contributed by atoms with Gasteiger partial charge in [0.15, 0.2) is 5.78 Å². The minimum Gasteiger partial charge on any atom is -0.362 e. The summed E-state index contributed by atoms with van der Waals surface area (Å²) in [6, 6.07) is 8.04. The third-order valence-electron chi connectivity index (χ3n) is 5.85. The van der Waals surface area contributed by atoms with Gasteiger partial charge in [-0.05, 0) is 56.7 Å². The fourth-order valence-electron chi connectivity index (χ4n) is 4.52. The molecule has 27 heavy (non-hydrogen) atoms. The van der Waals surface area contributed by atoms with E-state index >= 15 is 0 Å². The Hall–Kier alpha value is -1.88. The first kappa shape index (κ1) is 18.5. The molecule has 0 bridgehead atoms. The van der Waals surface area contributed by atoms with Crippen LogP contribution in [-0.2, 0) is 9.59 Å². The molecule has 2 heterocycles. The van der Waals surface area contributed by atoms with Gasteiger partial charge >= 0.3 is 0 Å². The van der Waals surface area contributed by atoms with Crippen LogP contribution in [0.25, 0.3) is 0 Å². The number of amides is 1. The van der Waals surface area contributed by atoms with Gasteiger partial charge in [-0.3, -0.25) is 9.59 Å². The summed E-state index contributed by atoms with van der Waals surface area (Å²) in [5.41, 5.74) is 4.46. The number of dihydropyridines is 1. The van der Waals surface area contributed by atoms with Gasteiger partial charge in [0.25, 0.3) is 5.91 Å². The van der Waals surface area contributed by atoms with Crippen LogP contribution in [0.2, 0.25) is 0 Å². The molecule has 1 N–H and O–H groups in total. The van der Waals surface area contributed by atoms with E-state index in [0.29, 0.717) is 6.42 Å². The van der Waals surface area contributed by atoms with Crippen molar-refractivity contribution in [3.63, 3.8) is 0 Å². The predicted molar refractivity (Wildman–Crippen MR) is 109 cm³/mol. The number of Topliss-reactive ketones (excluding diaryl/α,β-unsaturated/α-hetero) is 1. The van der Waals surface area contributed by atoms with E-state index in [1.165, 1.54) is 6.42 Å². The van der Waals surface area contributed by atoms with Gasteiger partial charge in [0.1, 0.15) is 0 Å². The molecule has 3 aliphatic rings. The number of allylic oxidation sites excluding steroid dienone is 3. The Morgan fingerprint density at radius 1 is 1.07 bits per heavy atom. The van der Waals surface area contributed by atoms with E-state index < -0.39 is 0 Å². The number of hydrogen-bond donors (Lipinski definition) is 1. The van der Waals surface area contributed by atoms with Crippen molar-refractivity contribution in [2.75, 3.05) is 13.1 Å². The highest BCUT2D eigenvalue weighted by Gasteiger charge is 2.39. The first-order chi connectivity index (χ1) is 13.1. The largest absolute Gasteiger partial charge is 0.362 e. The second-order valence-corrected chi connectivity index (χ2v) is 8.59. The lowest BCUT2D eigenvalue weighted by atomic mass is 9.75. The lowest BCUT2D eigenvalue weighted by molar-refractivity contribution is -0.128. The van der Waals surface area contributed by atoms with Crippen molar-refractivity contribution in [3.05, 3.63) is 56.8 Å². The Labute approximate surface area is 168 Å². The molecule has 1 fully saturated rings. The van der Waals surface area contributed by atoms with E-state index in [1.54, 1.807) is 0 Å². The van der Waals surface area contributed by atoms with E-state index in [-0.39, 0.29) is 17.6 Å². The molecule has 1 atom stereocenters. The highest BCUT2D eigenvalue weighted by atomic mass is 79.9. The first-order valence-corrected chi connectivity index (χ1v) is 10.6. The summed E-state index contributed by atoms with van der Waals surface area (Å²) >= 11 is 3.49. The minimum absolute atomic E-state index is 0.0811. The van der Waals surface area contributed by atoms with Crippen LogP contribution in [0, 0.1) is 0 Å². The third kappa shape index (κ3) is 3.49. The molecule has 2 aliphatic heterocycles. The molecule has 1 aromatic rings. The van der Waals surface area contributed by atoms with Crippen LogP contribution in [0.1, 0.15) is 56.9 Å². The van der Waals surface area contributed by atoms with Gasteiger partial charge in [-0.15, -0.1) is 0 Å². The van der Waals surface area contributed by atoms with Crippen molar-refractivity contribution in [1.82, 2.24) is 10.2 Å². The number of piperidine rings is 1. The molecule has 0 radical (unpaired) electrons. The molecular weight excluding hydrogens is 404 g/mol. The number of rotatable bonds is 2. The van der Waals surface area contributed by atoms with Crippen LogP contribution in [0.15, 0.2) is 51.3 Å². The zero-order valence-corrected chi connectivity index (χ0v) is 17.3. The Kier molecular flexibility index (Phi) is 5.22. The number of hydrogen-bond acceptors (Lipinski definition) is 3. The lowest BCUT2D eigenvalue weighted by Crippen LogP contribution is -2.42. The summed E-state index contributed by atoms with van der Waals surface area (Å²) in [6.07, 6.45) is 5.61. The predicted octanol–water partition coefficient (Wildman–Crippen LogP) is 4.43. The number of likely N-dealkylation sites (tertiary alicyclic amines) is 1. The van der Waals surface area contributed by atoms with E-state index in [1.807, 2.05) is 36.1 Å². The second kappa shape index (κ2) is 7.63. The van der Waals surface area contributed by atoms with Crippen molar-refractivity contribution < 1.29 is 9.59 Å². The summed E-state index contributed by atoms with van der Waals surface area (Å²) in [6.45, 7) is 3.59. The zero-order chi connectivity index (χ0) is 19.0. The van der Waals surface area contributed by atoms with Crippen molar-refractivity contribution in [1.29, 1.82) is 0 Å². The van der Waals surface area contributed by atoms with Crippen LogP contribution < -0.4 is 5.32 Å². The standard InChI is InChI=1S/C22H25BrN2O2/c1-14-19(22(27)25-12-3-2-4-13-25)20(15-8-10-16(23)11-9-15)21-17(24-14)6-5-7-18(21)26/h8-11,20,24H,2-7,12-13H2,1H3. The van der Waals surface area contributed by atoms with E-state index in [9.17, 15) is 9.59 Å². The molecule has 4 nitrogen and oxygen atoms in total. The van der Waals surface area contributed by atoms with Gasteiger partial charge in [-0.2, -0.15) is 0 Å². The van der Waals surface area contributed by atoms with E-state index in [0.717, 1.165) is 71.3 Å². The SMILES string of the molecule is CC1=C(C(=O)N2CCCCC2)C(c2ccc(Br)cc2)C2=C(CCCC2=O)N1. The number of nitrogens with zero attached hydrogens (tertiary/aromatic N) is 1. The molecule has 5 heteroatoms. The van der Waals surface area contributed by atoms with Crippen molar-refractivity contribution >= 4 is 27.6 Å². The number of nitrogens with one attached hydrogen (secondary N) is 1. The number of benzene rings is 1. The number of halogens is 1. The van der Waals surface area contributed by atoms with Gasteiger partial charge in [-0.1, -0.05) is 28.1 Å². The van der Waals surface area contributed by atoms with Crippen LogP contribution in [0.4, 0.5) is 0 Å². The van der Waals surface area contributed by atoms with Crippen LogP contribution in [0.5, 0.6) is 0 Å². The van der Waals surface area contributed by atoms with Crippen LogP contribution in [-0.4, -0.2) is 29.7 Å². The van der Waals surface area contributed by atoms with Gasteiger partial charge < -0.3 is 10.2 Å². The van der Waals surface area contributed by atoms with E-state index in [2.05, 4.69) is 21.2 Å². The highest BCUT2D eigenvalue weighted by molar-refractivity contribution is 9.10. The number of carbonyl (C=O) groups excluding carboxylic acids is 2. The van der Waals surface area contributed by atoms with Gasteiger partial charge in [0, 0.05) is 52.4 Å². The topological polar surface area (TPSA) is 49.4 Å². The summed E-state index contributed by atoms with van der Waals surface area (Å²) in [4.78, 5) is 28.3. The molecule has 0 spiro atoms. The Bertz CT molecular complexity index is 832. The molecule has 0 saturated carbocycles. The summed E-state index contributed by atoms with van der Waals surface area (Å²) in [5, 5.41) is 3.41. The normalized spacial score (nSPS) is 23.3. The lowest BCUT2D eigenvalue weighted by Gasteiger charge is -2.37. The fraction of sp³-hybridized carbons (Fsp3) is 0.455. The molecule has 4 rings (SSSR count). The second-order valence-electron chi connectivity index (χ2n) is 7.67. The summed E-state index contributed by atoms with van der Waals surface area (Å²) < 4.78 is 0.994. The summed E-state index contributed by atoms with van der Waals surface area (Å²) in [7, 11) is 0. The number of ketones is 1. The molecule has 1 aromatic carbocycles. The first-order valence-electron chi connectivity index (χ1n) is 9.85. The molecule has 142 valence electrons. The van der Waals surface area contributed by atoms with Crippen molar-refractivity contribution in [2.24, 2.45) is 0 Å². The quantitative estimate of drug-likeness (QED) is 0.757. The maximum absolute atomic E-state index is 13.5. The Morgan fingerprint density at radius 2 is 1.78 bits per heavy atom. The Balaban J connectivity index is 1.80. The van der Waals surface area contributed by atoms with Gasteiger partial charge in [-0.25, -0.2) is 0 Å². The van der Waals surface area contributed by atoms with Crippen LogP contribution in [0.3, 0.4) is 0 Å². The molecule has 1 amide bonds. The zero-order valence-electron chi connectivity index (χ0n) is 15.7. The summed E-state index contributed by atoms with van der Waals surface area (Å²) in [5.74, 6) is -0.0118. The maximum atomic E-state index is 13.5. The van der Waals surface area contributed by atoms with Gasteiger partial charge in [0.2, 0.25) is 0 Å². The molecule has 1 saturated heterocycles. The monoisotopic (exact) mass is 428 g/mol. The van der Waals surface area contributed by atoms with E-state index in [4.69, 9.17) is 0 Å². The fourth-order valence-corrected chi connectivity index (χ4v) is 4.79. The number of carbonyl (C=O) groups is 2. The highest BCUT2D eigenvalue weighted by Crippen LogP contribution is 2.43. The maximum Gasteiger partial charge on any atom is 0.252 e.